The van der Waals surface area contributed by atoms with Crippen LogP contribution in [0.2, 0.25) is 0 Å². The van der Waals surface area contributed by atoms with Gasteiger partial charge in [-0.1, -0.05) is 13.8 Å². The van der Waals surface area contributed by atoms with Crippen molar-refractivity contribution < 1.29 is 12.8 Å². The first kappa shape index (κ1) is 15.7. The van der Waals surface area contributed by atoms with Crippen LogP contribution in [-0.2, 0) is 10.0 Å². The lowest BCUT2D eigenvalue weighted by Gasteiger charge is -2.34. The van der Waals surface area contributed by atoms with Crippen LogP contribution in [0, 0.1) is 17.7 Å². The van der Waals surface area contributed by atoms with Crippen molar-refractivity contribution in [3.05, 3.63) is 22.4 Å². The van der Waals surface area contributed by atoms with Gasteiger partial charge in [0.05, 0.1) is 10.2 Å². The number of nitrogens with two attached hydrogens (primary N) is 1. The van der Waals surface area contributed by atoms with Gasteiger partial charge in [0, 0.05) is 13.1 Å². The zero-order chi connectivity index (χ0) is 15.1. The molecule has 0 bridgehead atoms. The Kier molecular flexibility index (Phi) is 4.41. The smallest absolute Gasteiger partial charge is 0.245 e. The average molecular weight is 365 g/mol. The zero-order valence-corrected chi connectivity index (χ0v) is 13.8. The van der Waals surface area contributed by atoms with Crippen LogP contribution in [0.5, 0.6) is 0 Å². The molecule has 1 aromatic carbocycles. The molecule has 2 atom stereocenters. The minimum Gasteiger partial charge on any atom is -0.398 e. The van der Waals surface area contributed by atoms with Gasteiger partial charge < -0.3 is 5.73 Å². The summed E-state index contributed by atoms with van der Waals surface area (Å²) in [4.78, 5) is -0.0347. The Balaban J connectivity index is 2.38. The number of halogens is 2. The number of piperidine rings is 1. The molecule has 1 aromatic rings. The molecule has 1 aliphatic heterocycles. The molecule has 2 unspecified atom stereocenters. The molecule has 0 aromatic heterocycles. The summed E-state index contributed by atoms with van der Waals surface area (Å²) >= 11 is 3.00. The largest absolute Gasteiger partial charge is 0.398 e. The van der Waals surface area contributed by atoms with Gasteiger partial charge in [-0.15, -0.1) is 0 Å². The van der Waals surface area contributed by atoms with E-state index in [1.807, 2.05) is 6.92 Å². The summed E-state index contributed by atoms with van der Waals surface area (Å²) in [7, 11) is -3.68. The van der Waals surface area contributed by atoms with E-state index in [-0.39, 0.29) is 15.1 Å². The van der Waals surface area contributed by atoms with Gasteiger partial charge in [0.2, 0.25) is 10.0 Å². The maximum absolute atomic E-state index is 13.4. The molecule has 0 aliphatic carbocycles. The molecular formula is C13H18BrFN2O2S. The van der Waals surface area contributed by atoms with E-state index in [9.17, 15) is 12.8 Å². The molecule has 0 radical (unpaired) electrons. The number of nitrogens with zero attached hydrogens (tertiary/aromatic N) is 1. The number of sulfonamides is 1. The van der Waals surface area contributed by atoms with Gasteiger partial charge in [-0.2, -0.15) is 4.31 Å². The van der Waals surface area contributed by atoms with Crippen molar-refractivity contribution in [2.45, 2.75) is 25.2 Å². The highest BCUT2D eigenvalue weighted by Gasteiger charge is 2.33. The van der Waals surface area contributed by atoms with Gasteiger partial charge in [-0.05, 0) is 46.3 Å². The van der Waals surface area contributed by atoms with Crippen LogP contribution in [0.1, 0.15) is 20.3 Å². The van der Waals surface area contributed by atoms with Gasteiger partial charge >= 0.3 is 0 Å². The van der Waals surface area contributed by atoms with Crippen molar-refractivity contribution in [2.75, 3.05) is 18.8 Å². The SMILES string of the molecule is CC1CCN(S(=O)(=O)c2cc(Br)c(F)cc2N)CC1C. The van der Waals surface area contributed by atoms with E-state index in [0.717, 1.165) is 12.5 Å². The maximum Gasteiger partial charge on any atom is 0.245 e. The molecule has 0 amide bonds. The quantitative estimate of drug-likeness (QED) is 0.820. The van der Waals surface area contributed by atoms with Crippen LogP contribution in [0.25, 0.3) is 0 Å². The third kappa shape index (κ3) is 2.84. The molecule has 7 heteroatoms. The molecular weight excluding hydrogens is 347 g/mol. The third-order valence-corrected chi connectivity index (χ3v) is 6.50. The Morgan fingerprint density at radius 1 is 1.35 bits per heavy atom. The first-order valence-electron chi connectivity index (χ1n) is 6.48. The van der Waals surface area contributed by atoms with Crippen LogP contribution in [0.4, 0.5) is 10.1 Å². The van der Waals surface area contributed by atoms with Gasteiger partial charge in [0.25, 0.3) is 0 Å². The molecule has 1 saturated heterocycles. The summed E-state index contributed by atoms with van der Waals surface area (Å²) in [6, 6.07) is 2.27. The van der Waals surface area contributed by atoms with E-state index in [1.54, 1.807) is 0 Å². The summed E-state index contributed by atoms with van der Waals surface area (Å²) in [5.41, 5.74) is 5.62. The number of hydrogen-bond acceptors (Lipinski definition) is 3. The van der Waals surface area contributed by atoms with E-state index < -0.39 is 15.8 Å². The van der Waals surface area contributed by atoms with Crippen molar-refractivity contribution in [1.82, 2.24) is 4.31 Å². The summed E-state index contributed by atoms with van der Waals surface area (Å²) in [5, 5.41) is 0. The molecule has 20 heavy (non-hydrogen) atoms. The Bertz CT molecular complexity index is 621. The Hall–Kier alpha value is -0.660. The lowest BCUT2D eigenvalue weighted by atomic mass is 9.90. The molecule has 1 heterocycles. The Labute approximate surface area is 127 Å². The molecule has 1 fully saturated rings. The Morgan fingerprint density at radius 2 is 2.00 bits per heavy atom. The number of benzene rings is 1. The second-order valence-corrected chi connectivity index (χ2v) is 8.17. The second-order valence-electron chi connectivity index (χ2n) is 5.41. The molecule has 2 rings (SSSR count). The van der Waals surface area contributed by atoms with Crippen LogP contribution in [0.3, 0.4) is 0 Å². The van der Waals surface area contributed by atoms with Crippen LogP contribution < -0.4 is 5.73 Å². The lowest BCUT2D eigenvalue weighted by Crippen LogP contribution is -2.42. The first-order valence-corrected chi connectivity index (χ1v) is 8.71. The molecule has 112 valence electrons. The van der Waals surface area contributed by atoms with Crippen molar-refractivity contribution in [1.29, 1.82) is 0 Å². The van der Waals surface area contributed by atoms with E-state index in [1.165, 1.54) is 10.4 Å². The molecule has 2 N–H and O–H groups in total. The molecule has 4 nitrogen and oxygen atoms in total. The fraction of sp³-hybridized carbons (Fsp3) is 0.538. The van der Waals surface area contributed by atoms with E-state index in [2.05, 4.69) is 22.9 Å². The zero-order valence-electron chi connectivity index (χ0n) is 11.4. The molecule has 1 aliphatic rings. The fourth-order valence-electron chi connectivity index (χ4n) is 2.35. The molecule has 0 saturated carbocycles. The van der Waals surface area contributed by atoms with Crippen LogP contribution in [-0.4, -0.2) is 25.8 Å². The molecule has 0 spiro atoms. The summed E-state index contributed by atoms with van der Waals surface area (Å²) in [6.07, 6.45) is 0.822. The van der Waals surface area contributed by atoms with Crippen molar-refractivity contribution in [3.8, 4) is 0 Å². The van der Waals surface area contributed by atoms with Crippen molar-refractivity contribution >= 4 is 31.6 Å². The highest BCUT2D eigenvalue weighted by molar-refractivity contribution is 9.10. The van der Waals surface area contributed by atoms with Crippen molar-refractivity contribution in [2.24, 2.45) is 11.8 Å². The Morgan fingerprint density at radius 3 is 2.60 bits per heavy atom. The summed E-state index contributed by atoms with van der Waals surface area (Å²) in [5.74, 6) is 0.226. The van der Waals surface area contributed by atoms with E-state index >= 15 is 0 Å². The summed E-state index contributed by atoms with van der Waals surface area (Å²) < 4.78 is 40.2. The second kappa shape index (κ2) is 5.61. The van der Waals surface area contributed by atoms with Gasteiger partial charge in [-0.25, -0.2) is 12.8 Å². The number of anilines is 1. The lowest BCUT2D eigenvalue weighted by molar-refractivity contribution is 0.212. The normalized spacial score (nSPS) is 24.8. The van der Waals surface area contributed by atoms with Gasteiger partial charge in [0.1, 0.15) is 10.7 Å². The van der Waals surface area contributed by atoms with Crippen LogP contribution in [0.15, 0.2) is 21.5 Å². The van der Waals surface area contributed by atoms with Crippen LogP contribution >= 0.6 is 15.9 Å². The number of nitrogen functional groups attached to an aromatic ring is 1. The summed E-state index contributed by atoms with van der Waals surface area (Å²) in [6.45, 7) is 5.11. The number of hydrogen-bond donors (Lipinski definition) is 1. The van der Waals surface area contributed by atoms with Gasteiger partial charge in [-0.3, -0.25) is 0 Å². The van der Waals surface area contributed by atoms with Gasteiger partial charge in [0.15, 0.2) is 0 Å². The van der Waals surface area contributed by atoms with Crippen molar-refractivity contribution in [3.63, 3.8) is 0 Å². The predicted octanol–water partition coefficient (Wildman–Crippen LogP) is 2.84. The fourth-order valence-corrected chi connectivity index (χ4v) is 4.52. The monoisotopic (exact) mass is 364 g/mol. The minimum absolute atomic E-state index is 0.0347. The standard InChI is InChI=1S/C13H18BrFN2O2S/c1-8-3-4-17(7-9(8)2)20(18,19)13-5-10(14)11(15)6-12(13)16/h5-6,8-9H,3-4,7,16H2,1-2H3. The predicted molar refractivity (Wildman–Crippen MR) is 80.2 cm³/mol. The first-order chi connectivity index (χ1) is 9.23. The highest BCUT2D eigenvalue weighted by Crippen LogP contribution is 2.32. The highest BCUT2D eigenvalue weighted by atomic mass is 79.9. The third-order valence-electron chi connectivity index (χ3n) is 3.97. The average Bonchev–Trinajstić information content (AvgIpc) is 2.36. The maximum atomic E-state index is 13.4. The van der Waals surface area contributed by atoms with E-state index in [0.29, 0.717) is 24.9 Å². The minimum atomic E-state index is -3.68. The number of rotatable bonds is 2. The van der Waals surface area contributed by atoms with E-state index in [4.69, 9.17) is 5.73 Å². The topological polar surface area (TPSA) is 63.4 Å².